The lowest BCUT2D eigenvalue weighted by molar-refractivity contribution is 0.0689. The summed E-state index contributed by atoms with van der Waals surface area (Å²) in [6, 6.07) is 5.26. The second-order valence-corrected chi connectivity index (χ2v) is 4.74. The maximum absolute atomic E-state index is 11.3. The van der Waals surface area contributed by atoms with Crippen molar-refractivity contribution >= 4 is 5.97 Å². The summed E-state index contributed by atoms with van der Waals surface area (Å²) in [6.45, 7) is 2.04. The van der Waals surface area contributed by atoms with Gasteiger partial charge in [0.25, 0.3) is 0 Å². The van der Waals surface area contributed by atoms with E-state index < -0.39 is 5.97 Å². The van der Waals surface area contributed by atoms with Gasteiger partial charge in [0.05, 0.1) is 19.9 Å². The first-order valence-corrected chi connectivity index (χ1v) is 7.02. The molecule has 2 rings (SSSR count). The van der Waals surface area contributed by atoms with Gasteiger partial charge in [-0.05, 0) is 25.0 Å². The molecule has 0 amide bonds. The van der Waals surface area contributed by atoms with Crippen molar-refractivity contribution in [2.24, 2.45) is 0 Å². The number of carboxylic acid groups (broad SMARTS) is 1. The van der Waals surface area contributed by atoms with Crippen LogP contribution in [0.4, 0.5) is 0 Å². The smallest absolute Gasteiger partial charge is 0.358 e. The minimum atomic E-state index is -1.08. The minimum absolute atomic E-state index is 0.0219. The Kier molecular flexibility index (Phi) is 4.98. The van der Waals surface area contributed by atoms with Crippen molar-refractivity contribution in [3.63, 3.8) is 0 Å². The van der Waals surface area contributed by atoms with Crippen molar-refractivity contribution in [3.05, 3.63) is 29.6 Å². The molecule has 118 valence electrons. The number of aromatic nitrogens is 3. The largest absolute Gasteiger partial charge is 0.497 e. The van der Waals surface area contributed by atoms with Crippen molar-refractivity contribution in [2.75, 3.05) is 14.2 Å². The zero-order valence-corrected chi connectivity index (χ0v) is 12.9. The molecule has 1 N–H and O–H groups in total. The quantitative estimate of drug-likeness (QED) is 0.845. The Bertz CT molecular complexity index is 667. The fourth-order valence-corrected chi connectivity index (χ4v) is 2.19. The summed E-state index contributed by atoms with van der Waals surface area (Å²) < 4.78 is 12.0. The molecule has 0 aliphatic rings. The monoisotopic (exact) mass is 305 g/mol. The van der Waals surface area contributed by atoms with Crippen LogP contribution in [0.2, 0.25) is 0 Å². The summed E-state index contributed by atoms with van der Waals surface area (Å²) in [7, 11) is 3.11. The van der Waals surface area contributed by atoms with E-state index in [4.69, 9.17) is 9.47 Å². The standard InChI is InChI=1S/C15H19N3O4/c1-4-5-6-12-14(15(19)20)16-17-18(12)11-8-7-10(21-2)9-13(11)22-3/h7-9H,4-6H2,1-3H3,(H,19,20). The first kappa shape index (κ1) is 15.8. The Morgan fingerprint density at radius 1 is 1.32 bits per heavy atom. The van der Waals surface area contributed by atoms with Gasteiger partial charge >= 0.3 is 5.97 Å². The molecule has 0 radical (unpaired) electrons. The molecule has 0 saturated heterocycles. The van der Waals surface area contributed by atoms with Crippen molar-refractivity contribution < 1.29 is 19.4 Å². The number of nitrogens with zero attached hydrogens (tertiary/aromatic N) is 3. The molecule has 0 aliphatic heterocycles. The molecule has 1 aromatic carbocycles. The highest BCUT2D eigenvalue weighted by Crippen LogP contribution is 2.29. The highest BCUT2D eigenvalue weighted by Gasteiger charge is 2.21. The van der Waals surface area contributed by atoms with Crippen molar-refractivity contribution in [2.45, 2.75) is 26.2 Å². The number of carbonyl (C=O) groups is 1. The average Bonchev–Trinajstić information content (AvgIpc) is 2.95. The minimum Gasteiger partial charge on any atom is -0.497 e. The lowest BCUT2D eigenvalue weighted by Crippen LogP contribution is -2.08. The van der Waals surface area contributed by atoms with E-state index in [1.807, 2.05) is 6.92 Å². The molecule has 0 spiro atoms. The summed E-state index contributed by atoms with van der Waals surface area (Å²) in [5, 5.41) is 17.0. The molecule has 0 fully saturated rings. The van der Waals surface area contributed by atoms with E-state index in [2.05, 4.69) is 10.3 Å². The van der Waals surface area contributed by atoms with Crippen LogP contribution in [-0.2, 0) is 6.42 Å². The van der Waals surface area contributed by atoms with E-state index >= 15 is 0 Å². The Hall–Kier alpha value is -2.57. The number of aromatic carboxylic acids is 1. The number of ether oxygens (including phenoxy) is 2. The fourth-order valence-electron chi connectivity index (χ4n) is 2.19. The van der Waals surface area contributed by atoms with E-state index in [9.17, 15) is 9.90 Å². The number of hydrogen-bond donors (Lipinski definition) is 1. The second kappa shape index (κ2) is 6.93. The summed E-state index contributed by atoms with van der Waals surface area (Å²) in [5.74, 6) is 0.109. The number of benzene rings is 1. The highest BCUT2D eigenvalue weighted by atomic mass is 16.5. The molecule has 22 heavy (non-hydrogen) atoms. The van der Waals surface area contributed by atoms with Crippen LogP contribution in [0.3, 0.4) is 0 Å². The van der Waals surface area contributed by atoms with Gasteiger partial charge in [0.2, 0.25) is 0 Å². The second-order valence-electron chi connectivity index (χ2n) is 4.74. The lowest BCUT2D eigenvalue weighted by atomic mass is 10.1. The van der Waals surface area contributed by atoms with E-state index in [-0.39, 0.29) is 5.69 Å². The molecule has 0 aliphatic carbocycles. The zero-order valence-electron chi connectivity index (χ0n) is 12.9. The Balaban J connectivity index is 2.54. The molecule has 1 heterocycles. The number of hydrogen-bond acceptors (Lipinski definition) is 5. The number of methoxy groups -OCH3 is 2. The summed E-state index contributed by atoms with van der Waals surface area (Å²) in [4.78, 5) is 11.3. The number of unbranched alkanes of at least 4 members (excludes halogenated alkanes) is 1. The lowest BCUT2D eigenvalue weighted by Gasteiger charge is -2.12. The van der Waals surface area contributed by atoms with Crippen molar-refractivity contribution in [3.8, 4) is 17.2 Å². The first-order valence-electron chi connectivity index (χ1n) is 7.02. The van der Waals surface area contributed by atoms with Crippen LogP contribution in [0.1, 0.15) is 35.9 Å². The van der Waals surface area contributed by atoms with Gasteiger partial charge in [-0.25, -0.2) is 9.48 Å². The third-order valence-corrected chi connectivity index (χ3v) is 3.35. The topological polar surface area (TPSA) is 86.5 Å². The van der Waals surface area contributed by atoms with Gasteiger partial charge in [-0.2, -0.15) is 0 Å². The van der Waals surface area contributed by atoms with E-state index in [0.29, 0.717) is 29.3 Å². The Labute approximate surface area is 128 Å². The van der Waals surface area contributed by atoms with Crippen LogP contribution >= 0.6 is 0 Å². The van der Waals surface area contributed by atoms with Crippen LogP contribution in [-0.4, -0.2) is 40.3 Å². The van der Waals surface area contributed by atoms with Gasteiger partial charge in [-0.1, -0.05) is 18.6 Å². The Morgan fingerprint density at radius 2 is 2.09 bits per heavy atom. The maximum atomic E-state index is 11.3. The van der Waals surface area contributed by atoms with Gasteiger partial charge in [0, 0.05) is 6.07 Å². The van der Waals surface area contributed by atoms with E-state index in [1.165, 1.54) is 4.68 Å². The molecule has 0 saturated carbocycles. The first-order chi connectivity index (χ1) is 10.6. The third kappa shape index (κ3) is 3.03. The van der Waals surface area contributed by atoms with Crippen molar-refractivity contribution in [1.82, 2.24) is 15.0 Å². The molecule has 1 aromatic heterocycles. The normalized spacial score (nSPS) is 10.5. The molecular formula is C15H19N3O4. The molecule has 0 atom stereocenters. The van der Waals surface area contributed by atoms with Gasteiger partial charge < -0.3 is 14.6 Å². The molecule has 2 aromatic rings. The van der Waals surface area contributed by atoms with Gasteiger partial charge in [0.1, 0.15) is 17.2 Å². The van der Waals surface area contributed by atoms with Crippen molar-refractivity contribution in [1.29, 1.82) is 0 Å². The van der Waals surface area contributed by atoms with Crippen LogP contribution in [0.15, 0.2) is 18.2 Å². The van der Waals surface area contributed by atoms with Crippen LogP contribution in [0.25, 0.3) is 5.69 Å². The third-order valence-electron chi connectivity index (χ3n) is 3.35. The van der Waals surface area contributed by atoms with Crippen LogP contribution in [0.5, 0.6) is 11.5 Å². The zero-order chi connectivity index (χ0) is 16.1. The van der Waals surface area contributed by atoms with E-state index in [0.717, 1.165) is 12.8 Å². The highest BCUT2D eigenvalue weighted by molar-refractivity contribution is 5.86. The molecule has 7 nitrogen and oxygen atoms in total. The maximum Gasteiger partial charge on any atom is 0.358 e. The van der Waals surface area contributed by atoms with Gasteiger partial charge in [0.15, 0.2) is 5.69 Å². The van der Waals surface area contributed by atoms with E-state index in [1.54, 1.807) is 32.4 Å². The van der Waals surface area contributed by atoms with Crippen LogP contribution in [0, 0.1) is 0 Å². The number of rotatable bonds is 7. The molecule has 0 bridgehead atoms. The molecule has 0 unspecified atom stereocenters. The predicted molar refractivity (Wildman–Crippen MR) is 80.0 cm³/mol. The summed E-state index contributed by atoms with van der Waals surface area (Å²) >= 11 is 0. The molecule has 7 heteroatoms. The number of carboxylic acids is 1. The Morgan fingerprint density at radius 3 is 2.68 bits per heavy atom. The van der Waals surface area contributed by atoms with Gasteiger partial charge in [-0.3, -0.25) is 0 Å². The predicted octanol–water partition coefficient (Wildman–Crippen LogP) is 2.33. The summed E-state index contributed by atoms with van der Waals surface area (Å²) in [6.07, 6.45) is 2.39. The summed E-state index contributed by atoms with van der Waals surface area (Å²) in [5.41, 5.74) is 1.18. The van der Waals surface area contributed by atoms with Gasteiger partial charge in [-0.15, -0.1) is 5.10 Å². The average molecular weight is 305 g/mol. The van der Waals surface area contributed by atoms with Crippen LogP contribution < -0.4 is 9.47 Å². The molecular weight excluding hydrogens is 286 g/mol. The SMILES string of the molecule is CCCCc1c(C(=O)O)nnn1-c1ccc(OC)cc1OC. The fraction of sp³-hybridized carbons (Fsp3) is 0.400.